The first-order valence-corrected chi connectivity index (χ1v) is 8.16. The Hall–Kier alpha value is -2.47. The van der Waals surface area contributed by atoms with Crippen LogP contribution in [0.4, 0.5) is 5.69 Å². The first kappa shape index (κ1) is 16.4. The molecule has 3 rings (SSSR count). The molecule has 0 saturated carbocycles. The zero-order chi connectivity index (χ0) is 16.9. The van der Waals surface area contributed by atoms with Gasteiger partial charge in [-0.2, -0.15) is 0 Å². The lowest BCUT2D eigenvalue weighted by atomic mass is 10.1. The molecule has 1 N–H and O–H groups in total. The molecular weight excluding hydrogens is 372 g/mol. The molecule has 0 aliphatic heterocycles. The first-order valence-electron chi connectivity index (χ1n) is 7.36. The number of anilines is 1. The smallest absolute Gasteiger partial charge is 0.214 e. The molecular formula is C18H17BrN2O3. The minimum absolute atomic E-state index is 0.472. The summed E-state index contributed by atoms with van der Waals surface area (Å²) in [6, 6.07) is 13.4. The fraction of sp³-hybridized carbons (Fsp3) is 0.167. The number of aromatic nitrogens is 1. The van der Waals surface area contributed by atoms with E-state index in [9.17, 15) is 0 Å². The standard InChI is InChI=1S/C18H17BrN2O3/c1-22-12-7-8-15(14(19)9-12)20-11-18-21-10-17(24-18)13-5-3-4-6-16(13)23-2/h3-10,20H,11H2,1-2H3. The molecule has 124 valence electrons. The van der Waals surface area contributed by atoms with Crippen molar-refractivity contribution in [2.75, 3.05) is 19.5 Å². The Kier molecular flexibility index (Phi) is 5.05. The van der Waals surface area contributed by atoms with Crippen molar-refractivity contribution in [1.82, 2.24) is 4.98 Å². The van der Waals surface area contributed by atoms with E-state index in [0.29, 0.717) is 18.2 Å². The highest BCUT2D eigenvalue weighted by molar-refractivity contribution is 9.10. The number of hydrogen-bond donors (Lipinski definition) is 1. The van der Waals surface area contributed by atoms with Crippen molar-refractivity contribution in [3.8, 4) is 22.8 Å². The van der Waals surface area contributed by atoms with Gasteiger partial charge in [0.05, 0.1) is 32.5 Å². The van der Waals surface area contributed by atoms with E-state index in [1.165, 1.54) is 0 Å². The molecule has 0 saturated heterocycles. The second-order valence-electron chi connectivity index (χ2n) is 5.02. The van der Waals surface area contributed by atoms with Gasteiger partial charge in [-0.15, -0.1) is 0 Å². The van der Waals surface area contributed by atoms with Gasteiger partial charge < -0.3 is 19.2 Å². The fourth-order valence-electron chi connectivity index (χ4n) is 2.30. The summed E-state index contributed by atoms with van der Waals surface area (Å²) >= 11 is 3.51. The van der Waals surface area contributed by atoms with Crippen LogP contribution < -0.4 is 14.8 Å². The summed E-state index contributed by atoms with van der Waals surface area (Å²) in [6.07, 6.45) is 1.71. The normalized spacial score (nSPS) is 10.5. The van der Waals surface area contributed by atoms with Gasteiger partial charge in [0.2, 0.25) is 5.89 Å². The highest BCUT2D eigenvalue weighted by Crippen LogP contribution is 2.31. The first-order chi connectivity index (χ1) is 11.7. The molecule has 6 heteroatoms. The largest absolute Gasteiger partial charge is 0.497 e. The quantitative estimate of drug-likeness (QED) is 0.661. The number of rotatable bonds is 6. The van der Waals surface area contributed by atoms with Crippen molar-refractivity contribution in [3.63, 3.8) is 0 Å². The number of nitrogens with zero attached hydrogens (tertiary/aromatic N) is 1. The Morgan fingerprint density at radius 3 is 2.71 bits per heavy atom. The minimum Gasteiger partial charge on any atom is -0.497 e. The van der Waals surface area contributed by atoms with Gasteiger partial charge in [-0.25, -0.2) is 4.98 Å². The lowest BCUT2D eigenvalue weighted by molar-refractivity contribution is 0.414. The van der Waals surface area contributed by atoms with Crippen molar-refractivity contribution in [3.05, 3.63) is 59.0 Å². The third-order valence-corrected chi connectivity index (χ3v) is 4.19. The second kappa shape index (κ2) is 7.40. The van der Waals surface area contributed by atoms with Gasteiger partial charge in [-0.3, -0.25) is 0 Å². The third kappa shape index (κ3) is 3.54. The summed E-state index contributed by atoms with van der Waals surface area (Å²) in [5.74, 6) is 2.82. The van der Waals surface area contributed by atoms with Crippen LogP contribution in [0, 0.1) is 0 Å². The maximum atomic E-state index is 5.83. The molecule has 2 aromatic carbocycles. The molecule has 0 fully saturated rings. The van der Waals surface area contributed by atoms with Gasteiger partial charge in [0.15, 0.2) is 5.76 Å². The SMILES string of the molecule is COc1ccc(NCc2ncc(-c3ccccc3OC)o2)c(Br)c1. The predicted molar refractivity (Wildman–Crippen MR) is 96.5 cm³/mol. The number of ether oxygens (including phenoxy) is 2. The summed E-state index contributed by atoms with van der Waals surface area (Å²) in [5.41, 5.74) is 1.82. The number of oxazole rings is 1. The molecule has 24 heavy (non-hydrogen) atoms. The van der Waals surface area contributed by atoms with Crippen LogP contribution in [-0.4, -0.2) is 19.2 Å². The monoisotopic (exact) mass is 388 g/mol. The Morgan fingerprint density at radius 1 is 1.12 bits per heavy atom. The second-order valence-corrected chi connectivity index (χ2v) is 5.87. The predicted octanol–water partition coefficient (Wildman–Crippen LogP) is 4.73. The van der Waals surface area contributed by atoms with E-state index in [2.05, 4.69) is 26.2 Å². The molecule has 0 amide bonds. The zero-order valence-electron chi connectivity index (χ0n) is 13.4. The topological polar surface area (TPSA) is 56.5 Å². The van der Waals surface area contributed by atoms with E-state index in [-0.39, 0.29) is 0 Å². The summed E-state index contributed by atoms with van der Waals surface area (Å²) in [5, 5.41) is 3.28. The molecule has 0 atom stereocenters. The van der Waals surface area contributed by atoms with Crippen LogP contribution in [0.5, 0.6) is 11.5 Å². The number of hydrogen-bond acceptors (Lipinski definition) is 5. The molecule has 0 aliphatic carbocycles. The maximum Gasteiger partial charge on any atom is 0.214 e. The van der Waals surface area contributed by atoms with Crippen molar-refractivity contribution in [2.24, 2.45) is 0 Å². The van der Waals surface area contributed by atoms with Crippen LogP contribution in [-0.2, 0) is 6.54 Å². The molecule has 0 radical (unpaired) electrons. The van der Waals surface area contributed by atoms with Crippen molar-refractivity contribution >= 4 is 21.6 Å². The maximum absolute atomic E-state index is 5.83. The molecule has 0 spiro atoms. The highest BCUT2D eigenvalue weighted by Gasteiger charge is 2.11. The summed E-state index contributed by atoms with van der Waals surface area (Å²) in [6.45, 7) is 0.472. The Balaban J connectivity index is 1.73. The average Bonchev–Trinajstić information content (AvgIpc) is 3.09. The van der Waals surface area contributed by atoms with E-state index >= 15 is 0 Å². The van der Waals surface area contributed by atoms with Gasteiger partial charge in [0.1, 0.15) is 11.5 Å². The highest BCUT2D eigenvalue weighted by atomic mass is 79.9. The number of methoxy groups -OCH3 is 2. The lowest BCUT2D eigenvalue weighted by Gasteiger charge is -2.08. The third-order valence-electron chi connectivity index (χ3n) is 3.53. The fourth-order valence-corrected chi connectivity index (χ4v) is 2.80. The van der Waals surface area contributed by atoms with Crippen LogP contribution in [0.25, 0.3) is 11.3 Å². The lowest BCUT2D eigenvalue weighted by Crippen LogP contribution is -2.00. The van der Waals surface area contributed by atoms with Crippen LogP contribution in [0.15, 0.2) is 57.6 Å². The van der Waals surface area contributed by atoms with E-state index < -0.39 is 0 Å². The van der Waals surface area contributed by atoms with Crippen molar-refractivity contribution < 1.29 is 13.9 Å². The van der Waals surface area contributed by atoms with E-state index in [0.717, 1.165) is 27.2 Å². The van der Waals surface area contributed by atoms with Crippen molar-refractivity contribution in [1.29, 1.82) is 0 Å². The van der Waals surface area contributed by atoms with Crippen LogP contribution in [0.1, 0.15) is 5.89 Å². The van der Waals surface area contributed by atoms with Crippen LogP contribution in [0.3, 0.4) is 0 Å². The molecule has 1 aromatic heterocycles. The van der Waals surface area contributed by atoms with Crippen LogP contribution >= 0.6 is 15.9 Å². The number of halogens is 1. The minimum atomic E-state index is 0.472. The summed E-state index contributed by atoms with van der Waals surface area (Å²) in [7, 11) is 3.28. The van der Waals surface area contributed by atoms with Gasteiger partial charge in [0.25, 0.3) is 0 Å². The molecule has 0 bridgehead atoms. The molecule has 1 heterocycles. The van der Waals surface area contributed by atoms with Crippen molar-refractivity contribution in [2.45, 2.75) is 6.54 Å². The number of para-hydroxylation sites is 1. The van der Waals surface area contributed by atoms with Gasteiger partial charge in [0, 0.05) is 10.2 Å². The number of benzene rings is 2. The zero-order valence-corrected chi connectivity index (χ0v) is 15.0. The Bertz CT molecular complexity index is 833. The molecule has 0 unspecified atom stereocenters. The van der Waals surface area contributed by atoms with Gasteiger partial charge in [-0.1, -0.05) is 12.1 Å². The van der Waals surface area contributed by atoms with Gasteiger partial charge >= 0.3 is 0 Å². The summed E-state index contributed by atoms with van der Waals surface area (Å²) in [4.78, 5) is 4.32. The van der Waals surface area contributed by atoms with E-state index in [1.807, 2.05) is 42.5 Å². The molecule has 3 aromatic rings. The summed E-state index contributed by atoms with van der Waals surface area (Å²) < 4.78 is 17.3. The van der Waals surface area contributed by atoms with Crippen LogP contribution in [0.2, 0.25) is 0 Å². The number of nitrogens with one attached hydrogen (secondary N) is 1. The van der Waals surface area contributed by atoms with E-state index in [1.54, 1.807) is 20.4 Å². The Labute approximate surface area is 148 Å². The average molecular weight is 389 g/mol. The Morgan fingerprint density at radius 2 is 1.96 bits per heavy atom. The molecule has 0 aliphatic rings. The van der Waals surface area contributed by atoms with Gasteiger partial charge in [-0.05, 0) is 46.3 Å². The van der Waals surface area contributed by atoms with E-state index in [4.69, 9.17) is 13.9 Å². The molecule has 5 nitrogen and oxygen atoms in total.